The number of rotatable bonds is 3. The molecule has 0 saturated heterocycles. The van der Waals surface area contributed by atoms with Crippen molar-refractivity contribution in [1.82, 2.24) is 0 Å². The van der Waals surface area contributed by atoms with Crippen LogP contribution in [0.25, 0.3) is 0 Å². The lowest BCUT2D eigenvalue weighted by molar-refractivity contribution is 0.337. The summed E-state index contributed by atoms with van der Waals surface area (Å²) in [7, 11) is 0. The molecule has 0 amide bonds. The van der Waals surface area contributed by atoms with Crippen molar-refractivity contribution in [2.24, 2.45) is 5.41 Å². The molecule has 0 fully saturated rings. The van der Waals surface area contributed by atoms with Gasteiger partial charge in [0.2, 0.25) is 0 Å². The van der Waals surface area contributed by atoms with Gasteiger partial charge in [0.25, 0.3) is 0 Å². The fraction of sp³-hybridized carbons (Fsp3) is 1.00. The quantitative estimate of drug-likeness (QED) is 0.673. The molecule has 0 aromatic rings. The van der Waals surface area contributed by atoms with Gasteiger partial charge in [0.1, 0.15) is 0 Å². The number of hydrogen-bond acceptors (Lipinski definition) is 0. The fourth-order valence-corrected chi connectivity index (χ4v) is 1.85. The van der Waals surface area contributed by atoms with Crippen LogP contribution in [-0.2, 0) is 0 Å². The molecule has 0 aliphatic heterocycles. The summed E-state index contributed by atoms with van der Waals surface area (Å²) < 4.78 is 0.451. The van der Waals surface area contributed by atoms with Crippen LogP contribution in [-0.4, -0.2) is 3.74 Å². The highest BCUT2D eigenvalue weighted by Crippen LogP contribution is 2.37. The van der Waals surface area contributed by atoms with E-state index in [1.54, 1.807) is 0 Å². The van der Waals surface area contributed by atoms with Gasteiger partial charge < -0.3 is 0 Å². The number of alkyl halides is 2. The topological polar surface area (TPSA) is 0 Å². The molecular weight excluding hydrogens is 244 g/mol. The van der Waals surface area contributed by atoms with E-state index in [1.165, 1.54) is 12.8 Å². The Morgan fingerprint density at radius 3 is 1.56 bits per heavy atom. The van der Waals surface area contributed by atoms with Gasteiger partial charge in [-0.2, -0.15) is 0 Å². The third-order valence-corrected chi connectivity index (χ3v) is 4.35. The monoisotopic (exact) mass is 256 g/mol. The molecule has 0 rings (SSSR count). The molecule has 0 bridgehead atoms. The summed E-state index contributed by atoms with van der Waals surface area (Å²) in [5, 5.41) is 0. The molecule has 0 aromatic heterocycles. The zero-order valence-corrected chi connectivity index (χ0v) is 9.42. The molecule has 0 aliphatic carbocycles. The molecule has 0 saturated carbocycles. The van der Waals surface area contributed by atoms with E-state index in [2.05, 4.69) is 52.6 Å². The summed E-state index contributed by atoms with van der Waals surface area (Å²) in [6, 6.07) is 0. The molecule has 9 heavy (non-hydrogen) atoms. The fourth-order valence-electron chi connectivity index (χ4n) is 0.559. The Labute approximate surface area is 74.7 Å². The van der Waals surface area contributed by atoms with Crippen molar-refractivity contribution in [3.63, 3.8) is 0 Å². The summed E-state index contributed by atoms with van der Waals surface area (Å²) >= 11 is 7.07. The minimum atomic E-state index is 0.417. The largest absolute Gasteiger partial charge is 0.0759 e. The van der Waals surface area contributed by atoms with E-state index in [-0.39, 0.29) is 0 Å². The van der Waals surface area contributed by atoms with E-state index in [4.69, 9.17) is 0 Å². The van der Waals surface area contributed by atoms with E-state index in [1.807, 2.05) is 0 Å². The lowest BCUT2D eigenvalue weighted by atomic mass is 9.87. The minimum Gasteiger partial charge on any atom is -0.0759 e. The molecule has 56 valence electrons. The predicted molar refractivity (Wildman–Crippen MR) is 50.3 cm³/mol. The van der Waals surface area contributed by atoms with Crippen molar-refractivity contribution < 1.29 is 0 Å². The van der Waals surface area contributed by atoms with Crippen LogP contribution in [0.3, 0.4) is 0 Å². The maximum Gasteiger partial charge on any atom is 0.0751 e. The van der Waals surface area contributed by atoms with Gasteiger partial charge in [-0.1, -0.05) is 52.6 Å². The Kier molecular flexibility index (Phi) is 4.39. The van der Waals surface area contributed by atoms with Crippen LogP contribution in [0.5, 0.6) is 0 Å². The van der Waals surface area contributed by atoms with Crippen molar-refractivity contribution in [2.75, 3.05) is 0 Å². The highest BCUT2D eigenvalue weighted by atomic mass is 79.9. The van der Waals surface area contributed by atoms with E-state index in [0.29, 0.717) is 9.15 Å². The molecule has 0 aromatic carbocycles. The molecule has 0 heterocycles. The van der Waals surface area contributed by atoms with Crippen molar-refractivity contribution in [2.45, 2.75) is 37.3 Å². The van der Waals surface area contributed by atoms with Crippen molar-refractivity contribution >= 4 is 31.9 Å². The molecule has 0 N–H and O–H groups in total. The average Bonchev–Trinajstić information content (AvgIpc) is 1.86. The van der Waals surface area contributed by atoms with Crippen LogP contribution in [0.1, 0.15) is 33.6 Å². The van der Waals surface area contributed by atoms with Gasteiger partial charge in [-0.3, -0.25) is 0 Å². The van der Waals surface area contributed by atoms with Crippen LogP contribution in [0.15, 0.2) is 0 Å². The molecule has 0 aliphatic rings. The van der Waals surface area contributed by atoms with Gasteiger partial charge in [-0.15, -0.1) is 0 Å². The highest BCUT2D eigenvalue weighted by Gasteiger charge is 2.26. The second-order valence-corrected chi connectivity index (χ2v) is 5.72. The van der Waals surface area contributed by atoms with Crippen LogP contribution in [0.4, 0.5) is 0 Å². The summed E-state index contributed by atoms with van der Waals surface area (Å²) in [6.07, 6.45) is 2.43. The maximum absolute atomic E-state index is 3.53. The predicted octanol–water partition coefficient (Wildman–Crippen LogP) is 3.93. The molecule has 0 nitrogen and oxygen atoms in total. The molecule has 0 spiro atoms. The van der Waals surface area contributed by atoms with Gasteiger partial charge in [0, 0.05) is 0 Å². The highest BCUT2D eigenvalue weighted by molar-refractivity contribution is 9.24. The molecular formula is C7H14Br2. The molecule has 0 radical (unpaired) electrons. The Bertz CT molecular complexity index is 75.0. The minimum absolute atomic E-state index is 0.417. The zero-order valence-electron chi connectivity index (χ0n) is 6.25. The van der Waals surface area contributed by atoms with Gasteiger partial charge in [0.05, 0.1) is 3.74 Å². The Morgan fingerprint density at radius 1 is 1.22 bits per heavy atom. The van der Waals surface area contributed by atoms with Crippen LogP contribution < -0.4 is 0 Å². The molecule has 0 atom stereocenters. The second kappa shape index (κ2) is 3.97. The average molecular weight is 258 g/mol. The normalized spacial score (nSPS) is 12.7. The first-order valence-electron chi connectivity index (χ1n) is 3.35. The first kappa shape index (κ1) is 9.96. The molecule has 2 heteroatoms. The maximum atomic E-state index is 3.53. The van der Waals surface area contributed by atoms with Gasteiger partial charge in [-0.05, 0) is 18.3 Å². The van der Waals surface area contributed by atoms with Crippen LogP contribution in [0.2, 0.25) is 0 Å². The Hall–Kier alpha value is 0.960. The SMILES string of the molecule is CCC(C)(CC)C(Br)Br. The van der Waals surface area contributed by atoms with E-state index in [0.717, 1.165) is 0 Å². The standard InChI is InChI=1S/C7H14Br2/c1-4-7(3,5-2)6(8)9/h6H,4-5H2,1-3H3. The summed E-state index contributed by atoms with van der Waals surface area (Å²) in [6.45, 7) is 6.72. The van der Waals surface area contributed by atoms with E-state index < -0.39 is 0 Å². The third-order valence-electron chi connectivity index (χ3n) is 2.14. The van der Waals surface area contributed by atoms with E-state index in [9.17, 15) is 0 Å². The van der Waals surface area contributed by atoms with Gasteiger partial charge >= 0.3 is 0 Å². The van der Waals surface area contributed by atoms with Crippen molar-refractivity contribution in [1.29, 1.82) is 0 Å². The first-order valence-corrected chi connectivity index (χ1v) is 5.18. The van der Waals surface area contributed by atoms with E-state index >= 15 is 0 Å². The lowest BCUT2D eigenvalue weighted by Gasteiger charge is -2.28. The smallest absolute Gasteiger partial charge is 0.0751 e. The number of halogens is 2. The van der Waals surface area contributed by atoms with Gasteiger partial charge in [0.15, 0.2) is 0 Å². The third kappa shape index (κ3) is 2.58. The Balaban J connectivity index is 3.92. The zero-order chi connectivity index (χ0) is 7.49. The van der Waals surface area contributed by atoms with Crippen LogP contribution in [0, 0.1) is 5.41 Å². The Morgan fingerprint density at radius 2 is 1.56 bits per heavy atom. The van der Waals surface area contributed by atoms with Gasteiger partial charge in [-0.25, -0.2) is 0 Å². The second-order valence-electron chi connectivity index (χ2n) is 2.66. The summed E-state index contributed by atoms with van der Waals surface area (Å²) in [4.78, 5) is 0. The molecule has 0 unspecified atom stereocenters. The van der Waals surface area contributed by atoms with Crippen molar-refractivity contribution in [3.8, 4) is 0 Å². The lowest BCUT2D eigenvalue weighted by Crippen LogP contribution is -2.21. The van der Waals surface area contributed by atoms with Crippen LogP contribution >= 0.6 is 31.9 Å². The number of hydrogen-bond donors (Lipinski definition) is 0. The summed E-state index contributed by atoms with van der Waals surface area (Å²) in [5.41, 5.74) is 0.417. The summed E-state index contributed by atoms with van der Waals surface area (Å²) in [5.74, 6) is 0. The van der Waals surface area contributed by atoms with Crippen molar-refractivity contribution in [3.05, 3.63) is 0 Å². The first-order chi connectivity index (χ1) is 4.06.